The van der Waals surface area contributed by atoms with Crippen LogP contribution in [-0.4, -0.2) is 56.0 Å². The van der Waals surface area contributed by atoms with Crippen molar-refractivity contribution in [2.45, 2.75) is 71.1 Å². The van der Waals surface area contributed by atoms with E-state index in [1.165, 1.54) is 0 Å². The number of amides is 1. The Morgan fingerprint density at radius 1 is 1.27 bits per heavy atom. The minimum atomic E-state index is -0.429. The van der Waals surface area contributed by atoms with E-state index in [9.17, 15) is 4.79 Å². The molecule has 1 N–H and O–H groups in total. The lowest BCUT2D eigenvalue weighted by molar-refractivity contribution is 0.0178. The van der Waals surface area contributed by atoms with E-state index in [0.29, 0.717) is 18.0 Å². The molecule has 1 fully saturated rings. The highest BCUT2D eigenvalue weighted by atomic mass is 16.6. The molecule has 0 aromatic carbocycles. The van der Waals surface area contributed by atoms with Crippen molar-refractivity contribution in [2.75, 3.05) is 27.3 Å². The molecule has 5 nitrogen and oxygen atoms in total. The smallest absolute Gasteiger partial charge is 0.410 e. The summed E-state index contributed by atoms with van der Waals surface area (Å²) in [6.45, 7) is 9.69. The van der Waals surface area contributed by atoms with E-state index in [-0.39, 0.29) is 6.09 Å². The Hall–Kier alpha value is -0.810. The second-order valence-electron chi connectivity index (χ2n) is 7.57. The minimum absolute atomic E-state index is 0.211. The van der Waals surface area contributed by atoms with Gasteiger partial charge < -0.3 is 19.7 Å². The maximum absolute atomic E-state index is 12.1. The summed E-state index contributed by atoms with van der Waals surface area (Å²) in [4.78, 5) is 13.9. The fourth-order valence-electron chi connectivity index (χ4n) is 2.86. The monoisotopic (exact) mass is 314 g/mol. The van der Waals surface area contributed by atoms with Gasteiger partial charge in [0, 0.05) is 39.4 Å². The van der Waals surface area contributed by atoms with E-state index < -0.39 is 5.60 Å². The third-order valence-corrected chi connectivity index (χ3v) is 4.13. The zero-order valence-electron chi connectivity index (χ0n) is 15.1. The molecule has 0 bridgehead atoms. The molecule has 5 heteroatoms. The van der Waals surface area contributed by atoms with Crippen LogP contribution in [-0.2, 0) is 9.47 Å². The Morgan fingerprint density at radius 2 is 1.86 bits per heavy atom. The molecule has 0 spiro atoms. The Balaban J connectivity index is 2.31. The number of ether oxygens (including phenoxy) is 2. The maximum Gasteiger partial charge on any atom is 0.410 e. The predicted molar refractivity (Wildman–Crippen MR) is 89.1 cm³/mol. The second kappa shape index (κ2) is 8.73. The Morgan fingerprint density at radius 3 is 2.36 bits per heavy atom. The molecule has 0 aliphatic heterocycles. The number of hydrogen-bond donors (Lipinski definition) is 1. The summed E-state index contributed by atoms with van der Waals surface area (Å²) in [6.07, 6.45) is 4.07. The van der Waals surface area contributed by atoms with E-state index in [2.05, 4.69) is 12.2 Å². The predicted octanol–water partition coefficient (Wildman–Crippen LogP) is 3.04. The first-order chi connectivity index (χ1) is 10.2. The quantitative estimate of drug-likeness (QED) is 0.819. The SMILES string of the molecule is COCC(C)CNC1CCC(N(C)C(=O)OC(C)(C)C)CC1. The molecule has 1 amide bonds. The fourth-order valence-corrected chi connectivity index (χ4v) is 2.86. The van der Waals surface area contributed by atoms with Crippen LogP contribution in [0.1, 0.15) is 53.4 Å². The van der Waals surface area contributed by atoms with Crippen LogP contribution in [0.3, 0.4) is 0 Å². The highest BCUT2D eigenvalue weighted by molar-refractivity contribution is 5.68. The zero-order valence-corrected chi connectivity index (χ0v) is 15.1. The fraction of sp³-hybridized carbons (Fsp3) is 0.941. The van der Waals surface area contributed by atoms with Crippen molar-refractivity contribution < 1.29 is 14.3 Å². The summed E-state index contributed by atoms with van der Waals surface area (Å²) in [5.74, 6) is 0.534. The summed E-state index contributed by atoms with van der Waals surface area (Å²) in [6, 6.07) is 0.854. The summed E-state index contributed by atoms with van der Waals surface area (Å²) < 4.78 is 10.6. The van der Waals surface area contributed by atoms with Gasteiger partial charge in [0.25, 0.3) is 0 Å². The Kier molecular flexibility index (Phi) is 7.63. The number of rotatable bonds is 6. The molecule has 1 aliphatic rings. The molecule has 0 radical (unpaired) electrons. The average Bonchev–Trinajstić information content (AvgIpc) is 2.43. The maximum atomic E-state index is 12.1. The van der Waals surface area contributed by atoms with Gasteiger partial charge in [-0.25, -0.2) is 4.79 Å². The molecule has 0 heterocycles. The van der Waals surface area contributed by atoms with Gasteiger partial charge in [0.05, 0.1) is 0 Å². The van der Waals surface area contributed by atoms with Crippen LogP contribution in [0.4, 0.5) is 4.79 Å². The molecular formula is C17H34N2O3. The van der Waals surface area contributed by atoms with Crippen LogP contribution < -0.4 is 5.32 Å². The Labute approximate surface area is 135 Å². The average molecular weight is 314 g/mol. The van der Waals surface area contributed by atoms with Gasteiger partial charge >= 0.3 is 6.09 Å². The van der Waals surface area contributed by atoms with Crippen molar-refractivity contribution in [1.82, 2.24) is 10.2 Å². The van der Waals surface area contributed by atoms with E-state index in [0.717, 1.165) is 38.8 Å². The van der Waals surface area contributed by atoms with Gasteiger partial charge in [-0.15, -0.1) is 0 Å². The highest BCUT2D eigenvalue weighted by Crippen LogP contribution is 2.24. The third kappa shape index (κ3) is 6.97. The van der Waals surface area contributed by atoms with Crippen LogP contribution in [0.25, 0.3) is 0 Å². The van der Waals surface area contributed by atoms with Crippen molar-refractivity contribution in [3.8, 4) is 0 Å². The first-order valence-electron chi connectivity index (χ1n) is 8.41. The standard InChI is InChI=1S/C17H34N2O3/c1-13(12-21-6)11-18-14-7-9-15(10-8-14)19(5)16(20)22-17(2,3)4/h13-15,18H,7-12H2,1-6H3. The molecule has 1 unspecified atom stereocenters. The number of nitrogens with one attached hydrogen (secondary N) is 1. The van der Waals surface area contributed by atoms with Gasteiger partial charge in [-0.05, 0) is 52.4 Å². The van der Waals surface area contributed by atoms with Crippen molar-refractivity contribution in [2.24, 2.45) is 5.92 Å². The van der Waals surface area contributed by atoms with Gasteiger partial charge in [-0.3, -0.25) is 0 Å². The van der Waals surface area contributed by atoms with Crippen molar-refractivity contribution in [3.63, 3.8) is 0 Å². The van der Waals surface area contributed by atoms with Crippen LogP contribution in [0.5, 0.6) is 0 Å². The number of hydrogen-bond acceptors (Lipinski definition) is 4. The van der Waals surface area contributed by atoms with E-state index in [4.69, 9.17) is 9.47 Å². The lowest BCUT2D eigenvalue weighted by atomic mass is 9.90. The molecular weight excluding hydrogens is 280 g/mol. The highest BCUT2D eigenvalue weighted by Gasteiger charge is 2.29. The van der Waals surface area contributed by atoms with Crippen LogP contribution in [0.15, 0.2) is 0 Å². The van der Waals surface area contributed by atoms with Gasteiger partial charge in [-0.2, -0.15) is 0 Å². The van der Waals surface area contributed by atoms with Crippen molar-refractivity contribution in [1.29, 1.82) is 0 Å². The summed E-state index contributed by atoms with van der Waals surface area (Å²) in [7, 11) is 3.60. The van der Waals surface area contributed by atoms with Gasteiger partial charge in [-0.1, -0.05) is 6.92 Å². The first-order valence-corrected chi connectivity index (χ1v) is 8.41. The number of carbonyl (C=O) groups is 1. The van der Waals surface area contributed by atoms with Gasteiger partial charge in [0.15, 0.2) is 0 Å². The van der Waals surface area contributed by atoms with Crippen molar-refractivity contribution in [3.05, 3.63) is 0 Å². The van der Waals surface area contributed by atoms with E-state index in [1.807, 2.05) is 27.8 Å². The molecule has 1 rings (SSSR count). The molecule has 1 atom stereocenters. The van der Waals surface area contributed by atoms with Crippen LogP contribution >= 0.6 is 0 Å². The summed E-state index contributed by atoms with van der Waals surface area (Å²) >= 11 is 0. The van der Waals surface area contributed by atoms with E-state index in [1.54, 1.807) is 12.0 Å². The first kappa shape index (κ1) is 19.2. The molecule has 0 aromatic rings. The summed E-state index contributed by atoms with van der Waals surface area (Å²) in [5.41, 5.74) is -0.429. The van der Waals surface area contributed by atoms with E-state index >= 15 is 0 Å². The molecule has 22 heavy (non-hydrogen) atoms. The molecule has 0 saturated heterocycles. The van der Waals surface area contributed by atoms with Crippen LogP contribution in [0, 0.1) is 5.92 Å². The molecule has 130 valence electrons. The summed E-state index contributed by atoms with van der Waals surface area (Å²) in [5, 5.41) is 3.62. The minimum Gasteiger partial charge on any atom is -0.444 e. The van der Waals surface area contributed by atoms with Gasteiger partial charge in [0.2, 0.25) is 0 Å². The van der Waals surface area contributed by atoms with Gasteiger partial charge in [0.1, 0.15) is 5.60 Å². The largest absolute Gasteiger partial charge is 0.444 e. The third-order valence-electron chi connectivity index (χ3n) is 4.13. The molecule has 0 aromatic heterocycles. The number of carbonyl (C=O) groups excluding carboxylic acids is 1. The molecule has 1 saturated carbocycles. The number of nitrogens with zero attached hydrogens (tertiary/aromatic N) is 1. The van der Waals surface area contributed by atoms with Crippen molar-refractivity contribution >= 4 is 6.09 Å². The topological polar surface area (TPSA) is 50.8 Å². The zero-order chi connectivity index (χ0) is 16.8. The lowest BCUT2D eigenvalue weighted by Crippen LogP contribution is -2.45. The molecule has 1 aliphatic carbocycles. The lowest BCUT2D eigenvalue weighted by Gasteiger charge is -2.36. The number of methoxy groups -OCH3 is 1. The normalized spacial score (nSPS) is 23.9. The Bertz CT molecular complexity index is 333. The second-order valence-corrected chi connectivity index (χ2v) is 7.57. The van der Waals surface area contributed by atoms with Crippen LogP contribution in [0.2, 0.25) is 0 Å².